The number of nitrogens with zero attached hydrogens (tertiary/aromatic N) is 2. The maximum Gasteiger partial charge on any atom is 0.112 e. The first-order chi connectivity index (χ1) is 5.88. The van der Waals surface area contributed by atoms with E-state index in [0.29, 0.717) is 4.95 Å². The van der Waals surface area contributed by atoms with Crippen LogP contribution >= 0.6 is 15.9 Å². The summed E-state index contributed by atoms with van der Waals surface area (Å²) in [5.74, 6) is 0. The first-order valence-corrected chi connectivity index (χ1v) is 4.80. The summed E-state index contributed by atoms with van der Waals surface area (Å²) in [7, 11) is 0. The van der Waals surface area contributed by atoms with Crippen molar-refractivity contribution in [2.24, 2.45) is 5.10 Å². The van der Waals surface area contributed by atoms with Crippen molar-refractivity contribution in [2.45, 2.75) is 11.4 Å². The van der Waals surface area contributed by atoms with Crippen molar-refractivity contribution in [3.05, 3.63) is 30.3 Å². The molecule has 12 heavy (non-hydrogen) atoms. The zero-order valence-electron chi connectivity index (χ0n) is 6.52. The lowest BCUT2D eigenvalue weighted by Crippen LogP contribution is -2.19. The molecule has 1 aromatic carbocycles. The molecule has 3 heteroatoms. The van der Waals surface area contributed by atoms with Crippen LogP contribution in [0.4, 0.5) is 5.69 Å². The van der Waals surface area contributed by atoms with Crippen LogP contribution < -0.4 is 5.01 Å². The molecule has 1 heterocycles. The molecule has 0 spiro atoms. The van der Waals surface area contributed by atoms with Gasteiger partial charge in [0.15, 0.2) is 0 Å². The van der Waals surface area contributed by atoms with E-state index in [1.165, 1.54) is 0 Å². The molecule has 0 saturated carbocycles. The SMILES string of the molecule is BrC1CC=NN1c1ccccc1. The molecular weight excluding hydrogens is 216 g/mol. The third kappa shape index (κ3) is 1.37. The number of alkyl halides is 1. The summed E-state index contributed by atoms with van der Waals surface area (Å²) in [6, 6.07) is 10.1. The van der Waals surface area contributed by atoms with E-state index in [0.717, 1.165) is 12.1 Å². The Hall–Kier alpha value is -0.830. The zero-order valence-corrected chi connectivity index (χ0v) is 8.11. The van der Waals surface area contributed by atoms with Crippen molar-refractivity contribution in [1.29, 1.82) is 0 Å². The molecule has 1 aliphatic rings. The molecule has 0 aromatic heterocycles. The van der Waals surface area contributed by atoms with Crippen molar-refractivity contribution < 1.29 is 0 Å². The number of rotatable bonds is 1. The minimum atomic E-state index is 0.319. The molecule has 0 amide bonds. The maximum absolute atomic E-state index is 4.25. The van der Waals surface area contributed by atoms with E-state index in [4.69, 9.17) is 0 Å². The van der Waals surface area contributed by atoms with Crippen molar-refractivity contribution in [3.8, 4) is 0 Å². The minimum absolute atomic E-state index is 0.319. The van der Waals surface area contributed by atoms with Gasteiger partial charge in [0.1, 0.15) is 4.95 Å². The topological polar surface area (TPSA) is 15.6 Å². The molecule has 0 N–H and O–H groups in total. The molecule has 0 bridgehead atoms. The molecular formula is C9H9BrN2. The van der Waals surface area contributed by atoms with Gasteiger partial charge in [0.2, 0.25) is 0 Å². The van der Waals surface area contributed by atoms with Gasteiger partial charge in [-0.2, -0.15) is 5.10 Å². The minimum Gasteiger partial charge on any atom is -0.252 e. The molecule has 0 radical (unpaired) electrons. The number of hydrogen-bond donors (Lipinski definition) is 0. The van der Waals surface area contributed by atoms with E-state index >= 15 is 0 Å². The van der Waals surface area contributed by atoms with Gasteiger partial charge in [-0.15, -0.1) is 0 Å². The average molecular weight is 225 g/mol. The summed E-state index contributed by atoms with van der Waals surface area (Å²) in [6.45, 7) is 0. The summed E-state index contributed by atoms with van der Waals surface area (Å²) < 4.78 is 0. The third-order valence-corrected chi connectivity index (χ3v) is 2.55. The molecule has 1 aromatic rings. The second-order valence-corrected chi connectivity index (χ2v) is 3.71. The molecule has 1 atom stereocenters. The fraction of sp³-hybridized carbons (Fsp3) is 0.222. The normalized spacial score (nSPS) is 21.8. The lowest BCUT2D eigenvalue weighted by Gasteiger charge is -2.18. The van der Waals surface area contributed by atoms with Crippen LogP contribution in [0.5, 0.6) is 0 Å². The van der Waals surface area contributed by atoms with Gasteiger partial charge in [-0.3, -0.25) is 5.01 Å². The molecule has 0 fully saturated rings. The average Bonchev–Trinajstić information content (AvgIpc) is 2.53. The second kappa shape index (κ2) is 3.27. The summed E-state index contributed by atoms with van der Waals surface area (Å²) >= 11 is 3.54. The lowest BCUT2D eigenvalue weighted by molar-refractivity contribution is 0.880. The van der Waals surface area contributed by atoms with Crippen LogP contribution in [0.1, 0.15) is 6.42 Å². The van der Waals surface area contributed by atoms with Crippen molar-refractivity contribution >= 4 is 27.8 Å². The fourth-order valence-electron chi connectivity index (χ4n) is 1.20. The largest absolute Gasteiger partial charge is 0.252 e. The summed E-state index contributed by atoms with van der Waals surface area (Å²) in [6.07, 6.45) is 2.89. The smallest absolute Gasteiger partial charge is 0.112 e. The zero-order chi connectivity index (χ0) is 8.39. The van der Waals surface area contributed by atoms with Crippen LogP contribution in [0, 0.1) is 0 Å². The van der Waals surface area contributed by atoms with Crippen LogP contribution in [-0.4, -0.2) is 11.2 Å². The number of anilines is 1. The highest BCUT2D eigenvalue weighted by Crippen LogP contribution is 2.24. The highest BCUT2D eigenvalue weighted by Gasteiger charge is 2.18. The number of benzene rings is 1. The van der Waals surface area contributed by atoms with E-state index in [-0.39, 0.29) is 0 Å². The van der Waals surface area contributed by atoms with Gasteiger partial charge in [-0.25, -0.2) is 0 Å². The Morgan fingerprint density at radius 2 is 2.08 bits per heavy atom. The van der Waals surface area contributed by atoms with E-state index in [1.54, 1.807) is 0 Å². The summed E-state index contributed by atoms with van der Waals surface area (Å²) in [4.78, 5) is 0.319. The van der Waals surface area contributed by atoms with E-state index in [9.17, 15) is 0 Å². The molecule has 2 nitrogen and oxygen atoms in total. The van der Waals surface area contributed by atoms with Gasteiger partial charge in [0, 0.05) is 12.6 Å². The predicted octanol–water partition coefficient (Wildman–Crippen LogP) is 2.60. The highest BCUT2D eigenvalue weighted by atomic mass is 79.9. The quantitative estimate of drug-likeness (QED) is 0.529. The number of hydrogen-bond acceptors (Lipinski definition) is 2. The van der Waals surface area contributed by atoms with E-state index in [1.807, 2.05) is 29.4 Å². The molecule has 2 rings (SSSR count). The fourth-order valence-corrected chi connectivity index (χ4v) is 1.71. The van der Waals surface area contributed by atoms with Gasteiger partial charge < -0.3 is 0 Å². The van der Waals surface area contributed by atoms with Crippen molar-refractivity contribution in [3.63, 3.8) is 0 Å². The Bertz CT molecular complexity index is 284. The summed E-state index contributed by atoms with van der Waals surface area (Å²) in [5.41, 5.74) is 1.13. The first-order valence-electron chi connectivity index (χ1n) is 3.89. The predicted molar refractivity (Wildman–Crippen MR) is 54.7 cm³/mol. The Morgan fingerprint density at radius 1 is 1.33 bits per heavy atom. The Balaban J connectivity index is 2.25. The lowest BCUT2D eigenvalue weighted by atomic mass is 10.3. The molecule has 1 unspecified atom stereocenters. The third-order valence-electron chi connectivity index (χ3n) is 1.79. The number of halogens is 1. The van der Waals surface area contributed by atoms with Crippen LogP contribution in [-0.2, 0) is 0 Å². The van der Waals surface area contributed by atoms with Gasteiger partial charge in [-0.1, -0.05) is 34.1 Å². The second-order valence-electron chi connectivity index (χ2n) is 2.65. The van der Waals surface area contributed by atoms with E-state index < -0.39 is 0 Å². The monoisotopic (exact) mass is 224 g/mol. The van der Waals surface area contributed by atoms with E-state index in [2.05, 4.69) is 33.2 Å². The molecule has 1 aliphatic heterocycles. The highest BCUT2D eigenvalue weighted by molar-refractivity contribution is 9.09. The Labute approximate surface area is 80.0 Å². The molecule has 0 aliphatic carbocycles. The molecule has 0 saturated heterocycles. The van der Waals surface area contributed by atoms with Crippen LogP contribution in [0.25, 0.3) is 0 Å². The van der Waals surface area contributed by atoms with Gasteiger partial charge in [0.05, 0.1) is 5.69 Å². The van der Waals surface area contributed by atoms with Crippen molar-refractivity contribution in [2.75, 3.05) is 5.01 Å². The first kappa shape index (κ1) is 7.80. The number of para-hydroxylation sites is 1. The van der Waals surface area contributed by atoms with Crippen LogP contribution in [0.3, 0.4) is 0 Å². The number of hydrazone groups is 1. The van der Waals surface area contributed by atoms with Gasteiger partial charge in [0.25, 0.3) is 0 Å². The summed E-state index contributed by atoms with van der Waals surface area (Å²) in [5, 5.41) is 6.22. The Morgan fingerprint density at radius 3 is 2.67 bits per heavy atom. The van der Waals surface area contributed by atoms with Crippen LogP contribution in [0.15, 0.2) is 35.4 Å². The maximum atomic E-state index is 4.25. The Kier molecular flexibility index (Phi) is 2.13. The standard InChI is InChI=1S/C9H9BrN2/c10-9-6-7-11-12(9)8-4-2-1-3-5-8/h1-5,7,9H,6H2. The van der Waals surface area contributed by atoms with Crippen molar-refractivity contribution in [1.82, 2.24) is 0 Å². The van der Waals surface area contributed by atoms with Crippen LogP contribution in [0.2, 0.25) is 0 Å². The molecule has 62 valence electrons. The van der Waals surface area contributed by atoms with Gasteiger partial charge >= 0.3 is 0 Å². The van der Waals surface area contributed by atoms with Gasteiger partial charge in [-0.05, 0) is 12.1 Å².